The topological polar surface area (TPSA) is 72.3 Å². The maximum atomic E-state index is 13.8. The minimum atomic E-state index is -4.42. The van der Waals surface area contributed by atoms with E-state index in [0.717, 1.165) is 11.0 Å². The number of hydrogen-bond acceptors (Lipinski definition) is 5. The maximum Gasteiger partial charge on any atom is 0.411 e. The third-order valence-corrected chi connectivity index (χ3v) is 5.95. The lowest BCUT2D eigenvalue weighted by Gasteiger charge is -2.40. The van der Waals surface area contributed by atoms with Crippen LogP contribution in [0.15, 0.2) is 30.6 Å². The molecule has 3 heterocycles. The van der Waals surface area contributed by atoms with Crippen LogP contribution in [0.4, 0.5) is 23.5 Å². The van der Waals surface area contributed by atoms with Crippen molar-refractivity contribution in [2.75, 3.05) is 18.4 Å². The number of nitrogens with one attached hydrogen (secondary N) is 1. The van der Waals surface area contributed by atoms with Crippen molar-refractivity contribution in [1.82, 2.24) is 19.7 Å². The molecule has 1 N–H and O–H groups in total. The zero-order valence-corrected chi connectivity index (χ0v) is 16.8. The average Bonchev–Trinajstić information content (AvgIpc) is 3.22. The summed E-state index contributed by atoms with van der Waals surface area (Å²) >= 11 is 0. The van der Waals surface area contributed by atoms with Crippen molar-refractivity contribution >= 4 is 11.9 Å². The Labute approximate surface area is 176 Å². The van der Waals surface area contributed by atoms with Crippen LogP contribution in [0.2, 0.25) is 0 Å². The first kappa shape index (κ1) is 21.4. The number of piperidine rings is 1. The van der Waals surface area contributed by atoms with Crippen LogP contribution < -0.4 is 10.1 Å². The minimum Gasteiger partial charge on any atom is -0.478 e. The summed E-state index contributed by atoms with van der Waals surface area (Å²) in [7, 11) is 0. The molecule has 2 aliphatic rings. The van der Waals surface area contributed by atoms with Gasteiger partial charge >= 0.3 is 6.18 Å². The van der Waals surface area contributed by atoms with E-state index in [2.05, 4.69) is 15.4 Å². The number of rotatable bonds is 4. The summed E-state index contributed by atoms with van der Waals surface area (Å²) in [6.07, 6.45) is -3.20. The fraction of sp³-hybridized carbons (Fsp3) is 0.550. The van der Waals surface area contributed by atoms with Gasteiger partial charge in [0.25, 0.3) is 5.91 Å². The molecule has 2 aliphatic heterocycles. The molecule has 0 bridgehead atoms. The van der Waals surface area contributed by atoms with E-state index in [-0.39, 0.29) is 29.9 Å². The van der Waals surface area contributed by atoms with Gasteiger partial charge in [0.05, 0.1) is 0 Å². The summed E-state index contributed by atoms with van der Waals surface area (Å²) in [5, 5.41) is 6.78. The third kappa shape index (κ3) is 4.45. The van der Waals surface area contributed by atoms with E-state index in [1.807, 2.05) is 0 Å². The highest BCUT2D eigenvalue weighted by Gasteiger charge is 2.48. The average molecular weight is 441 g/mol. The van der Waals surface area contributed by atoms with Gasteiger partial charge in [-0.25, -0.2) is 9.07 Å². The van der Waals surface area contributed by atoms with E-state index >= 15 is 0 Å². The molecular formula is C20H23F4N5O2. The number of benzene rings is 1. The number of anilines is 1. The Bertz CT molecular complexity index is 926. The summed E-state index contributed by atoms with van der Waals surface area (Å²) in [5.41, 5.74) is 0. The van der Waals surface area contributed by atoms with E-state index in [1.54, 1.807) is 17.9 Å². The second-order valence-electron chi connectivity index (χ2n) is 7.93. The van der Waals surface area contributed by atoms with Gasteiger partial charge in [0.1, 0.15) is 6.33 Å². The maximum absolute atomic E-state index is 13.8. The molecule has 7 nitrogen and oxygen atoms in total. The molecule has 0 unspecified atom stereocenters. The fourth-order valence-electron chi connectivity index (χ4n) is 4.29. The SMILES string of the molecule is C[C@@H](Oc1ccccc1F)C(=O)N1CCC([C@@H]2C[C@H](C(F)(F)F)n3ncnc3N2)CC1. The zero-order chi connectivity index (χ0) is 22.2. The van der Waals surface area contributed by atoms with E-state index in [9.17, 15) is 22.4 Å². The Morgan fingerprint density at radius 2 is 1.97 bits per heavy atom. The van der Waals surface area contributed by atoms with Gasteiger partial charge in [-0.2, -0.15) is 23.3 Å². The number of amides is 1. The van der Waals surface area contributed by atoms with Crippen molar-refractivity contribution in [2.24, 2.45) is 5.92 Å². The van der Waals surface area contributed by atoms with Crippen LogP contribution in [0, 0.1) is 11.7 Å². The van der Waals surface area contributed by atoms with E-state index in [1.165, 1.54) is 18.2 Å². The Balaban J connectivity index is 1.35. The molecule has 4 rings (SSSR count). The van der Waals surface area contributed by atoms with Crippen LogP contribution in [-0.4, -0.2) is 57.0 Å². The minimum absolute atomic E-state index is 0.00643. The lowest BCUT2D eigenvalue weighted by molar-refractivity contribution is -0.174. The van der Waals surface area contributed by atoms with Gasteiger partial charge in [-0.05, 0) is 44.2 Å². The number of carbonyl (C=O) groups excluding carboxylic acids is 1. The molecule has 0 spiro atoms. The van der Waals surface area contributed by atoms with Crippen LogP contribution in [0.5, 0.6) is 5.75 Å². The Morgan fingerprint density at radius 3 is 2.65 bits per heavy atom. The van der Waals surface area contributed by atoms with Crippen LogP contribution in [-0.2, 0) is 4.79 Å². The van der Waals surface area contributed by atoms with Crippen molar-refractivity contribution in [3.63, 3.8) is 0 Å². The smallest absolute Gasteiger partial charge is 0.411 e. The van der Waals surface area contributed by atoms with Crippen molar-refractivity contribution in [3.05, 3.63) is 36.4 Å². The highest BCUT2D eigenvalue weighted by atomic mass is 19.4. The molecule has 168 valence electrons. The molecule has 0 saturated carbocycles. The lowest BCUT2D eigenvalue weighted by atomic mass is 9.85. The second kappa shape index (κ2) is 8.35. The number of halogens is 4. The van der Waals surface area contributed by atoms with Crippen LogP contribution in [0.25, 0.3) is 0 Å². The normalized spacial score (nSPS) is 23.1. The van der Waals surface area contributed by atoms with Crippen LogP contribution in [0.3, 0.4) is 0 Å². The Kier molecular flexibility index (Phi) is 5.76. The van der Waals surface area contributed by atoms with Gasteiger partial charge in [0.15, 0.2) is 23.7 Å². The van der Waals surface area contributed by atoms with Crippen LogP contribution >= 0.6 is 0 Å². The summed E-state index contributed by atoms with van der Waals surface area (Å²) in [4.78, 5) is 18.2. The number of para-hydroxylation sites is 1. The van der Waals surface area contributed by atoms with Crippen molar-refractivity contribution in [2.45, 2.75) is 50.6 Å². The molecule has 31 heavy (non-hydrogen) atoms. The number of likely N-dealkylation sites (tertiary alicyclic amines) is 1. The molecule has 1 saturated heterocycles. The molecule has 1 amide bonds. The molecule has 1 fully saturated rings. The van der Waals surface area contributed by atoms with Gasteiger partial charge in [-0.3, -0.25) is 4.79 Å². The molecule has 0 radical (unpaired) electrons. The molecule has 1 aromatic carbocycles. The van der Waals surface area contributed by atoms with Gasteiger partial charge in [0, 0.05) is 19.1 Å². The van der Waals surface area contributed by atoms with Gasteiger partial charge in [0.2, 0.25) is 5.95 Å². The molecule has 1 aromatic heterocycles. The van der Waals surface area contributed by atoms with Crippen molar-refractivity contribution < 1.29 is 27.1 Å². The largest absolute Gasteiger partial charge is 0.478 e. The number of alkyl halides is 3. The second-order valence-corrected chi connectivity index (χ2v) is 7.93. The lowest BCUT2D eigenvalue weighted by Crippen LogP contribution is -2.49. The predicted octanol–water partition coefficient (Wildman–Crippen LogP) is 3.41. The molecule has 2 aromatic rings. The number of ether oxygens (including phenoxy) is 1. The fourth-order valence-corrected chi connectivity index (χ4v) is 4.29. The monoisotopic (exact) mass is 441 g/mol. The quantitative estimate of drug-likeness (QED) is 0.737. The Morgan fingerprint density at radius 1 is 1.26 bits per heavy atom. The molecule has 11 heteroatoms. The third-order valence-electron chi connectivity index (χ3n) is 5.95. The first-order chi connectivity index (χ1) is 14.7. The van der Waals surface area contributed by atoms with E-state index in [4.69, 9.17) is 4.74 Å². The van der Waals surface area contributed by atoms with Gasteiger partial charge < -0.3 is 15.0 Å². The highest BCUT2D eigenvalue weighted by Crippen LogP contribution is 2.41. The predicted molar refractivity (Wildman–Crippen MR) is 103 cm³/mol. The summed E-state index contributed by atoms with van der Waals surface area (Å²) in [6.45, 7) is 2.36. The summed E-state index contributed by atoms with van der Waals surface area (Å²) < 4.78 is 60.6. The molecule has 3 atom stereocenters. The molecule has 0 aliphatic carbocycles. The first-order valence-corrected chi connectivity index (χ1v) is 10.2. The van der Waals surface area contributed by atoms with Crippen molar-refractivity contribution in [1.29, 1.82) is 0 Å². The molecular weight excluding hydrogens is 418 g/mol. The number of hydrogen-bond donors (Lipinski definition) is 1. The highest BCUT2D eigenvalue weighted by molar-refractivity contribution is 5.81. The number of nitrogens with zero attached hydrogens (tertiary/aromatic N) is 4. The van der Waals surface area contributed by atoms with Crippen LogP contribution in [0.1, 0.15) is 32.2 Å². The van der Waals surface area contributed by atoms with Gasteiger partial charge in [-0.15, -0.1) is 0 Å². The van der Waals surface area contributed by atoms with Gasteiger partial charge in [-0.1, -0.05) is 12.1 Å². The first-order valence-electron chi connectivity index (χ1n) is 10.2. The number of aromatic nitrogens is 3. The standard InChI is InChI=1S/C20H23F4N5O2/c1-12(31-16-5-3-2-4-14(16)21)18(30)28-8-6-13(7-9-28)15-10-17(20(22,23)24)29-19(27-15)25-11-26-29/h2-5,11-13,15,17H,6-10H2,1H3,(H,25,26,27)/t12-,15+,17-/m1/s1. The summed E-state index contributed by atoms with van der Waals surface area (Å²) in [5.74, 6) is -0.736. The van der Waals surface area contributed by atoms with Crippen molar-refractivity contribution in [3.8, 4) is 5.75 Å². The number of carbonyl (C=O) groups is 1. The number of fused-ring (bicyclic) bond motifs is 1. The van der Waals surface area contributed by atoms with E-state index < -0.39 is 30.2 Å². The zero-order valence-electron chi connectivity index (χ0n) is 16.8. The summed E-state index contributed by atoms with van der Waals surface area (Å²) in [6, 6.07) is 3.73. The Hall–Kier alpha value is -2.85. The van der Waals surface area contributed by atoms with E-state index in [0.29, 0.717) is 25.9 Å².